The molecule has 1 aromatic carbocycles. The monoisotopic (exact) mass is 215 g/mol. The Morgan fingerprint density at radius 3 is 2.56 bits per heavy atom. The summed E-state index contributed by atoms with van der Waals surface area (Å²) in [6.45, 7) is 3.15. The molecule has 1 amide bonds. The molecule has 0 bridgehead atoms. The molecule has 16 heavy (non-hydrogen) atoms. The van der Waals surface area contributed by atoms with Gasteiger partial charge >= 0.3 is 0 Å². The molecule has 0 aliphatic heterocycles. The second-order valence-corrected chi connectivity index (χ2v) is 3.05. The van der Waals surface area contributed by atoms with Crippen molar-refractivity contribution in [2.75, 3.05) is 5.73 Å². The lowest BCUT2D eigenvalue weighted by Gasteiger charge is -2.04. The Bertz CT molecular complexity index is 566. The van der Waals surface area contributed by atoms with Crippen LogP contribution in [0, 0.1) is 0 Å². The number of carbonyl (C=O) groups is 1. The van der Waals surface area contributed by atoms with Crippen molar-refractivity contribution in [1.82, 2.24) is 15.4 Å². The summed E-state index contributed by atoms with van der Waals surface area (Å²) in [6, 6.07) is 7.15. The number of hydrogen-bond donors (Lipinski definition) is 2. The average molecular weight is 215 g/mol. The molecule has 1 aromatic heterocycles. The third kappa shape index (κ3) is 1.68. The van der Waals surface area contributed by atoms with Crippen molar-refractivity contribution in [2.24, 2.45) is 5.10 Å². The first-order valence-electron chi connectivity index (χ1n) is 4.50. The molecule has 0 aliphatic carbocycles. The fourth-order valence-corrected chi connectivity index (χ4v) is 1.31. The van der Waals surface area contributed by atoms with Gasteiger partial charge in [0.2, 0.25) is 0 Å². The number of fused-ring (bicyclic) bond motifs is 1. The predicted octanol–water partition coefficient (Wildman–Crippen LogP) is 0.557. The molecule has 6 nitrogen and oxygen atoms in total. The Morgan fingerprint density at radius 2 is 1.94 bits per heavy atom. The minimum Gasteiger partial charge on any atom is -0.382 e. The molecule has 3 N–H and O–H groups in total. The molecular weight excluding hydrogens is 206 g/mol. The topological polar surface area (TPSA) is 93.3 Å². The minimum atomic E-state index is -0.522. The van der Waals surface area contributed by atoms with Crippen LogP contribution >= 0.6 is 0 Å². The summed E-state index contributed by atoms with van der Waals surface area (Å²) in [5.74, 6) is -0.453. The number of rotatable bonds is 2. The van der Waals surface area contributed by atoms with E-state index in [9.17, 15) is 4.79 Å². The van der Waals surface area contributed by atoms with Crippen LogP contribution < -0.4 is 11.2 Å². The zero-order valence-electron chi connectivity index (χ0n) is 8.34. The minimum absolute atomic E-state index is 0.0473. The predicted molar refractivity (Wildman–Crippen MR) is 61.0 cm³/mol. The van der Waals surface area contributed by atoms with Crippen LogP contribution in [0.15, 0.2) is 29.4 Å². The van der Waals surface area contributed by atoms with Gasteiger partial charge in [0.05, 0.1) is 11.0 Å². The Morgan fingerprint density at radius 1 is 1.31 bits per heavy atom. The normalized spacial score (nSPS) is 10.0. The Hall–Kier alpha value is -2.50. The zero-order valence-corrected chi connectivity index (χ0v) is 8.34. The largest absolute Gasteiger partial charge is 0.382 e. The molecule has 0 saturated carbocycles. The third-order valence-corrected chi connectivity index (χ3v) is 1.99. The molecule has 0 atom stereocenters. The van der Waals surface area contributed by atoms with E-state index in [1.165, 1.54) is 0 Å². The molecule has 0 aliphatic rings. The van der Waals surface area contributed by atoms with Crippen LogP contribution in [0.1, 0.15) is 10.5 Å². The number of nitrogens with zero attached hydrogens (tertiary/aromatic N) is 3. The summed E-state index contributed by atoms with van der Waals surface area (Å²) in [4.78, 5) is 19.7. The highest BCUT2D eigenvalue weighted by molar-refractivity contribution is 5.98. The van der Waals surface area contributed by atoms with E-state index in [1.807, 2.05) is 6.07 Å². The van der Waals surface area contributed by atoms with Gasteiger partial charge in [-0.15, -0.1) is 0 Å². The molecule has 1 heterocycles. The van der Waals surface area contributed by atoms with E-state index in [0.29, 0.717) is 11.0 Å². The van der Waals surface area contributed by atoms with E-state index in [2.05, 4.69) is 27.2 Å². The van der Waals surface area contributed by atoms with Crippen LogP contribution in [0.5, 0.6) is 0 Å². The number of nitrogen functional groups attached to an aromatic ring is 1. The van der Waals surface area contributed by atoms with E-state index in [4.69, 9.17) is 5.73 Å². The summed E-state index contributed by atoms with van der Waals surface area (Å²) in [5.41, 5.74) is 9.07. The van der Waals surface area contributed by atoms with E-state index in [1.54, 1.807) is 18.2 Å². The average Bonchev–Trinajstić information content (AvgIpc) is 2.28. The van der Waals surface area contributed by atoms with E-state index in [-0.39, 0.29) is 11.5 Å². The maximum atomic E-state index is 11.5. The Balaban J connectivity index is 2.58. The van der Waals surface area contributed by atoms with Crippen molar-refractivity contribution in [3.63, 3.8) is 0 Å². The van der Waals surface area contributed by atoms with Gasteiger partial charge in [0.1, 0.15) is 0 Å². The zero-order chi connectivity index (χ0) is 11.5. The first-order valence-corrected chi connectivity index (χ1v) is 4.50. The molecule has 6 heteroatoms. The number of aromatic nitrogens is 2. The summed E-state index contributed by atoms with van der Waals surface area (Å²) < 4.78 is 0. The Labute approximate surface area is 91.2 Å². The highest BCUT2D eigenvalue weighted by Crippen LogP contribution is 2.13. The maximum Gasteiger partial charge on any atom is 0.293 e. The van der Waals surface area contributed by atoms with Crippen LogP contribution in [0.4, 0.5) is 5.82 Å². The number of hydrazone groups is 1. The van der Waals surface area contributed by atoms with Gasteiger partial charge in [-0.1, -0.05) is 12.1 Å². The van der Waals surface area contributed by atoms with E-state index < -0.39 is 5.91 Å². The molecule has 0 saturated heterocycles. The first kappa shape index (κ1) is 10.0. The fourth-order valence-electron chi connectivity index (χ4n) is 1.31. The standard InChI is InChI=1S/C10H9N5O/c1-12-15-10(16)8-9(11)14-7-5-3-2-4-6(7)13-8/h2-5H,1H2,(H2,11,14)(H,15,16). The van der Waals surface area contributed by atoms with Gasteiger partial charge in [0, 0.05) is 6.72 Å². The van der Waals surface area contributed by atoms with Crippen LogP contribution in [0.3, 0.4) is 0 Å². The van der Waals surface area contributed by atoms with Crippen molar-refractivity contribution < 1.29 is 4.79 Å². The van der Waals surface area contributed by atoms with Gasteiger partial charge in [-0.05, 0) is 12.1 Å². The van der Waals surface area contributed by atoms with E-state index >= 15 is 0 Å². The summed E-state index contributed by atoms with van der Waals surface area (Å²) in [5, 5.41) is 3.26. The number of carbonyl (C=O) groups excluding carboxylic acids is 1. The van der Waals surface area contributed by atoms with Crippen LogP contribution in [-0.2, 0) is 0 Å². The number of amides is 1. The van der Waals surface area contributed by atoms with Crippen molar-refractivity contribution in [3.05, 3.63) is 30.0 Å². The lowest BCUT2D eigenvalue weighted by atomic mass is 10.3. The van der Waals surface area contributed by atoms with Crippen LogP contribution in [-0.4, -0.2) is 22.6 Å². The lowest BCUT2D eigenvalue weighted by Crippen LogP contribution is -2.20. The van der Waals surface area contributed by atoms with Crippen molar-refractivity contribution in [2.45, 2.75) is 0 Å². The Kier molecular flexibility index (Phi) is 2.47. The molecule has 0 unspecified atom stereocenters. The fraction of sp³-hybridized carbons (Fsp3) is 0. The quantitative estimate of drug-likeness (QED) is 0.565. The number of para-hydroxylation sites is 2. The van der Waals surface area contributed by atoms with E-state index in [0.717, 1.165) is 0 Å². The van der Waals surface area contributed by atoms with Crippen LogP contribution in [0.2, 0.25) is 0 Å². The second kappa shape index (κ2) is 3.93. The van der Waals surface area contributed by atoms with Gasteiger partial charge in [-0.25, -0.2) is 15.4 Å². The highest BCUT2D eigenvalue weighted by atomic mass is 16.2. The number of hydrogen-bond acceptors (Lipinski definition) is 5. The van der Waals surface area contributed by atoms with Crippen molar-refractivity contribution in [1.29, 1.82) is 0 Å². The molecule has 2 aromatic rings. The van der Waals surface area contributed by atoms with Gasteiger partial charge < -0.3 is 5.73 Å². The second-order valence-electron chi connectivity index (χ2n) is 3.05. The summed E-state index contributed by atoms with van der Waals surface area (Å²) >= 11 is 0. The van der Waals surface area contributed by atoms with Gasteiger partial charge in [-0.2, -0.15) is 5.10 Å². The summed E-state index contributed by atoms with van der Waals surface area (Å²) in [6.07, 6.45) is 0. The van der Waals surface area contributed by atoms with Crippen molar-refractivity contribution >= 4 is 29.5 Å². The van der Waals surface area contributed by atoms with Gasteiger partial charge in [-0.3, -0.25) is 4.79 Å². The molecular formula is C10H9N5O. The maximum absolute atomic E-state index is 11.5. The number of anilines is 1. The summed E-state index contributed by atoms with van der Waals surface area (Å²) in [7, 11) is 0. The van der Waals surface area contributed by atoms with Crippen LogP contribution in [0.25, 0.3) is 11.0 Å². The van der Waals surface area contributed by atoms with Gasteiger partial charge in [0.25, 0.3) is 5.91 Å². The third-order valence-electron chi connectivity index (χ3n) is 1.99. The lowest BCUT2D eigenvalue weighted by molar-refractivity contribution is 0.0951. The highest BCUT2D eigenvalue weighted by Gasteiger charge is 2.13. The number of benzene rings is 1. The molecule has 80 valence electrons. The smallest absolute Gasteiger partial charge is 0.293 e. The molecule has 0 fully saturated rings. The SMILES string of the molecule is C=NNC(=O)c1nc2ccccc2nc1N. The number of nitrogens with two attached hydrogens (primary N) is 1. The first-order chi connectivity index (χ1) is 7.72. The molecule has 2 rings (SSSR count). The number of nitrogens with one attached hydrogen (secondary N) is 1. The molecule has 0 radical (unpaired) electrons. The molecule has 0 spiro atoms. The van der Waals surface area contributed by atoms with Gasteiger partial charge in [0.15, 0.2) is 11.5 Å². The van der Waals surface area contributed by atoms with Crippen molar-refractivity contribution in [3.8, 4) is 0 Å².